The second-order valence-electron chi connectivity index (χ2n) is 7.13. The Kier molecular flexibility index (Phi) is 5.51. The van der Waals surface area contributed by atoms with Crippen molar-refractivity contribution in [2.24, 2.45) is 0 Å². The van der Waals surface area contributed by atoms with Crippen LogP contribution in [0, 0.1) is 6.92 Å². The van der Waals surface area contributed by atoms with Crippen LogP contribution < -0.4 is 4.74 Å². The predicted molar refractivity (Wildman–Crippen MR) is 114 cm³/mol. The van der Waals surface area contributed by atoms with Crippen molar-refractivity contribution in [1.29, 1.82) is 0 Å². The van der Waals surface area contributed by atoms with Crippen molar-refractivity contribution in [3.63, 3.8) is 0 Å². The number of fused-ring (bicyclic) bond motifs is 1. The molecule has 0 amide bonds. The number of ether oxygens (including phenoxy) is 1. The number of hydrogen-bond donors (Lipinski definition) is 0. The van der Waals surface area contributed by atoms with E-state index < -0.39 is 0 Å². The van der Waals surface area contributed by atoms with Gasteiger partial charge in [0.1, 0.15) is 10.8 Å². The first-order valence-corrected chi connectivity index (χ1v) is 10.8. The molecule has 0 fully saturated rings. The van der Waals surface area contributed by atoms with Gasteiger partial charge in [0.2, 0.25) is 0 Å². The first-order chi connectivity index (χ1) is 13.1. The summed E-state index contributed by atoms with van der Waals surface area (Å²) in [5.74, 6) is 1.72. The van der Waals surface area contributed by atoms with E-state index >= 15 is 0 Å². The monoisotopic (exact) mass is 397 g/mol. The maximum atomic E-state index is 6.04. The number of hydrogen-bond acceptors (Lipinski definition) is 3. The molecule has 0 radical (unpaired) electrons. The molecule has 0 spiro atoms. The highest BCUT2D eigenvalue weighted by Crippen LogP contribution is 2.37. The van der Waals surface area contributed by atoms with Crippen LogP contribution in [-0.2, 0) is 12.8 Å². The standard InChI is InChI=1S/C23H24ClNOS/c1-3-16-4-5-18-14-20(10-11-21(16)18)26-13-12-22-15(2)27-23(25-22)17-6-8-19(24)9-7-17/h6-11,14,16H,3-5,12-13H2,1-2H3/t16-/m1/s1. The Morgan fingerprint density at radius 1 is 1.19 bits per heavy atom. The van der Waals surface area contributed by atoms with Crippen molar-refractivity contribution >= 4 is 22.9 Å². The number of thiazole rings is 1. The maximum absolute atomic E-state index is 6.04. The zero-order valence-corrected chi connectivity index (χ0v) is 17.4. The molecule has 4 heteroatoms. The summed E-state index contributed by atoms with van der Waals surface area (Å²) in [4.78, 5) is 6.07. The van der Waals surface area contributed by atoms with Crippen molar-refractivity contribution in [2.45, 2.75) is 45.4 Å². The lowest BCUT2D eigenvalue weighted by atomic mass is 9.99. The van der Waals surface area contributed by atoms with Crippen LogP contribution in [-0.4, -0.2) is 11.6 Å². The summed E-state index contributed by atoms with van der Waals surface area (Å²) in [6.45, 7) is 5.06. The number of nitrogens with zero attached hydrogens (tertiary/aromatic N) is 1. The average Bonchev–Trinajstić information content (AvgIpc) is 3.25. The highest BCUT2D eigenvalue weighted by atomic mass is 35.5. The van der Waals surface area contributed by atoms with Gasteiger partial charge in [0.05, 0.1) is 12.3 Å². The van der Waals surface area contributed by atoms with Gasteiger partial charge >= 0.3 is 0 Å². The molecule has 2 aromatic carbocycles. The molecule has 0 unspecified atom stereocenters. The minimum absolute atomic E-state index is 0.653. The quantitative estimate of drug-likeness (QED) is 0.454. The highest BCUT2D eigenvalue weighted by Gasteiger charge is 2.21. The first-order valence-electron chi connectivity index (χ1n) is 9.62. The van der Waals surface area contributed by atoms with Crippen molar-refractivity contribution in [3.8, 4) is 16.3 Å². The number of benzene rings is 2. The molecule has 4 rings (SSSR count). The summed E-state index contributed by atoms with van der Waals surface area (Å²) in [5, 5.41) is 1.79. The fourth-order valence-electron chi connectivity index (χ4n) is 3.84. The molecule has 0 aliphatic heterocycles. The molecule has 1 aromatic heterocycles. The molecule has 0 bridgehead atoms. The Bertz CT molecular complexity index is 932. The Balaban J connectivity index is 1.39. The van der Waals surface area contributed by atoms with E-state index in [4.69, 9.17) is 21.3 Å². The first kappa shape index (κ1) is 18.5. The van der Waals surface area contributed by atoms with E-state index in [1.54, 1.807) is 11.3 Å². The average molecular weight is 398 g/mol. The molecule has 2 nitrogen and oxygen atoms in total. The molecule has 1 atom stereocenters. The summed E-state index contributed by atoms with van der Waals surface area (Å²) in [6, 6.07) is 14.5. The SMILES string of the molecule is CC[C@@H]1CCc2cc(OCCc3nc(-c4ccc(Cl)cc4)sc3C)ccc21. The van der Waals surface area contributed by atoms with Crippen LogP contribution in [0.1, 0.15) is 47.4 Å². The van der Waals surface area contributed by atoms with Gasteiger partial charge in [-0.25, -0.2) is 4.98 Å². The van der Waals surface area contributed by atoms with Gasteiger partial charge in [-0.1, -0.05) is 36.7 Å². The van der Waals surface area contributed by atoms with E-state index in [0.717, 1.165) is 39.4 Å². The molecule has 3 aromatic rings. The molecular weight excluding hydrogens is 374 g/mol. The molecule has 1 aliphatic rings. The lowest BCUT2D eigenvalue weighted by molar-refractivity contribution is 0.320. The van der Waals surface area contributed by atoms with Gasteiger partial charge in [0, 0.05) is 21.9 Å². The predicted octanol–water partition coefficient (Wildman–Crippen LogP) is 6.83. The third-order valence-corrected chi connectivity index (χ3v) is 6.71. The Labute approximate surface area is 170 Å². The van der Waals surface area contributed by atoms with Gasteiger partial charge < -0.3 is 4.74 Å². The number of aromatic nitrogens is 1. The van der Waals surface area contributed by atoms with Crippen LogP contribution in [0.5, 0.6) is 5.75 Å². The van der Waals surface area contributed by atoms with Crippen LogP contribution in [0.25, 0.3) is 10.6 Å². The normalized spacial score (nSPS) is 15.7. The van der Waals surface area contributed by atoms with Gasteiger partial charge in [-0.2, -0.15) is 0 Å². The minimum atomic E-state index is 0.653. The zero-order chi connectivity index (χ0) is 18.8. The van der Waals surface area contributed by atoms with Gasteiger partial charge in [0.25, 0.3) is 0 Å². The van der Waals surface area contributed by atoms with Crippen LogP contribution in [0.3, 0.4) is 0 Å². The van der Waals surface area contributed by atoms with Gasteiger partial charge in [-0.05, 0) is 67.5 Å². The molecule has 1 aliphatic carbocycles. The Morgan fingerprint density at radius 2 is 2.00 bits per heavy atom. The van der Waals surface area contributed by atoms with E-state index in [0.29, 0.717) is 6.61 Å². The van der Waals surface area contributed by atoms with Crippen LogP contribution in [0.4, 0.5) is 0 Å². The topological polar surface area (TPSA) is 22.1 Å². The molecule has 1 heterocycles. The third-order valence-electron chi connectivity index (χ3n) is 5.40. The van der Waals surface area contributed by atoms with E-state index in [-0.39, 0.29) is 0 Å². The molecule has 0 saturated heterocycles. The van der Waals surface area contributed by atoms with E-state index in [1.807, 2.05) is 24.3 Å². The third kappa shape index (κ3) is 4.04. The maximum Gasteiger partial charge on any atom is 0.123 e. The molecule has 140 valence electrons. The smallest absolute Gasteiger partial charge is 0.123 e. The number of halogens is 1. The molecule has 27 heavy (non-hydrogen) atoms. The summed E-state index contributed by atoms with van der Waals surface area (Å²) in [5.41, 5.74) is 5.22. The van der Waals surface area contributed by atoms with Crippen molar-refractivity contribution in [2.75, 3.05) is 6.61 Å². The minimum Gasteiger partial charge on any atom is -0.493 e. The van der Waals surface area contributed by atoms with E-state index in [2.05, 4.69) is 32.0 Å². The lowest BCUT2D eigenvalue weighted by Gasteiger charge is -2.10. The van der Waals surface area contributed by atoms with Crippen LogP contribution in [0.2, 0.25) is 5.02 Å². The summed E-state index contributed by atoms with van der Waals surface area (Å²) in [7, 11) is 0. The van der Waals surface area contributed by atoms with Crippen LogP contribution >= 0.6 is 22.9 Å². The van der Waals surface area contributed by atoms with Crippen molar-refractivity contribution in [1.82, 2.24) is 4.98 Å². The van der Waals surface area contributed by atoms with Crippen molar-refractivity contribution < 1.29 is 4.74 Å². The van der Waals surface area contributed by atoms with Gasteiger partial charge in [-0.15, -0.1) is 11.3 Å². The zero-order valence-electron chi connectivity index (χ0n) is 15.8. The number of rotatable bonds is 6. The van der Waals surface area contributed by atoms with Crippen LogP contribution in [0.15, 0.2) is 42.5 Å². The summed E-state index contributed by atoms with van der Waals surface area (Å²) >= 11 is 7.71. The molecule has 0 saturated carbocycles. The highest BCUT2D eigenvalue weighted by molar-refractivity contribution is 7.15. The second-order valence-corrected chi connectivity index (χ2v) is 8.77. The van der Waals surface area contributed by atoms with E-state index in [9.17, 15) is 0 Å². The Hall–Kier alpha value is -1.84. The molecular formula is C23H24ClNOS. The number of aryl methyl sites for hydroxylation is 2. The second kappa shape index (κ2) is 8.04. The fourth-order valence-corrected chi connectivity index (χ4v) is 4.93. The Morgan fingerprint density at radius 3 is 2.78 bits per heavy atom. The summed E-state index contributed by atoms with van der Waals surface area (Å²) < 4.78 is 6.04. The van der Waals surface area contributed by atoms with Gasteiger partial charge in [-0.3, -0.25) is 0 Å². The van der Waals surface area contributed by atoms with Crippen molar-refractivity contribution in [3.05, 3.63) is 69.2 Å². The summed E-state index contributed by atoms with van der Waals surface area (Å²) in [6.07, 6.45) is 4.51. The fraction of sp³-hybridized carbons (Fsp3) is 0.348. The molecule has 0 N–H and O–H groups in total. The lowest BCUT2D eigenvalue weighted by Crippen LogP contribution is -2.03. The van der Waals surface area contributed by atoms with Gasteiger partial charge in [0.15, 0.2) is 0 Å². The van der Waals surface area contributed by atoms with E-state index in [1.165, 1.54) is 35.3 Å². The largest absolute Gasteiger partial charge is 0.493 e.